The molecule has 0 aliphatic carbocycles. The van der Waals surface area contributed by atoms with Crippen LogP contribution in [0.2, 0.25) is 0 Å². The van der Waals surface area contributed by atoms with Gasteiger partial charge in [0.25, 0.3) is 0 Å². The first-order chi connectivity index (χ1) is 18.9. The summed E-state index contributed by atoms with van der Waals surface area (Å²) in [6, 6.07) is 18.3. The first-order valence-electron chi connectivity index (χ1n) is 11.8. The van der Waals surface area contributed by atoms with Crippen molar-refractivity contribution in [1.82, 2.24) is 20.2 Å². The number of halogens is 6. The topological polar surface area (TPSA) is 73.8 Å². The Hall–Kier alpha value is -4.74. The number of carbonyl (C=O) groups is 1. The summed E-state index contributed by atoms with van der Waals surface area (Å²) in [5, 5.41) is 12.0. The normalized spacial score (nSPS) is 12.1. The van der Waals surface area contributed by atoms with E-state index in [1.807, 2.05) is 0 Å². The molecule has 2 aromatic heterocycles. The Morgan fingerprint density at radius 2 is 1.38 bits per heavy atom. The second kappa shape index (κ2) is 10.1. The van der Waals surface area contributed by atoms with Gasteiger partial charge in [-0.25, -0.2) is 4.68 Å². The molecule has 5 rings (SSSR count). The lowest BCUT2D eigenvalue weighted by molar-refractivity contribution is -0.143. The molecule has 6 nitrogen and oxygen atoms in total. The summed E-state index contributed by atoms with van der Waals surface area (Å²) in [6.45, 7) is 1.02. The van der Waals surface area contributed by atoms with Crippen molar-refractivity contribution in [2.45, 2.75) is 25.8 Å². The van der Waals surface area contributed by atoms with Crippen molar-refractivity contribution in [3.63, 3.8) is 0 Å². The Morgan fingerprint density at radius 3 is 1.93 bits per heavy atom. The van der Waals surface area contributed by atoms with E-state index >= 15 is 0 Å². The third-order valence-corrected chi connectivity index (χ3v) is 6.11. The highest BCUT2D eigenvalue weighted by Gasteiger charge is 2.37. The van der Waals surface area contributed by atoms with Crippen LogP contribution in [0.5, 0.6) is 0 Å². The Balaban J connectivity index is 1.64. The van der Waals surface area contributed by atoms with Crippen LogP contribution in [0.15, 0.2) is 83.4 Å². The van der Waals surface area contributed by atoms with E-state index in [9.17, 15) is 31.1 Å². The zero-order valence-electron chi connectivity index (χ0n) is 20.6. The standard InChI is InChI=1S/C28H18F6N4O2/c1-16-22(23(36-40-16)18-8-4-2-5-9-18)26(39)24-25(19-10-6-3-7-11-19)38(37-35-24)15-17-12-20(27(29,30)31)14-21(13-17)28(32,33)34/h2-14H,15H2,1H3. The van der Waals surface area contributed by atoms with Crippen LogP contribution in [-0.4, -0.2) is 25.9 Å². The molecular weight excluding hydrogens is 538 g/mol. The first kappa shape index (κ1) is 26.9. The van der Waals surface area contributed by atoms with Crippen molar-refractivity contribution in [1.29, 1.82) is 0 Å². The lowest BCUT2D eigenvalue weighted by Crippen LogP contribution is -2.13. The summed E-state index contributed by atoms with van der Waals surface area (Å²) in [5.41, 5.74) is -1.92. The molecule has 0 spiro atoms. The van der Waals surface area contributed by atoms with E-state index in [2.05, 4.69) is 15.5 Å². The molecule has 0 atom stereocenters. The zero-order chi connectivity index (χ0) is 28.7. The van der Waals surface area contributed by atoms with Gasteiger partial charge in [-0.05, 0) is 30.7 Å². The van der Waals surface area contributed by atoms with Gasteiger partial charge in [-0.3, -0.25) is 4.79 Å². The van der Waals surface area contributed by atoms with Crippen molar-refractivity contribution in [2.24, 2.45) is 0 Å². The molecule has 0 saturated heterocycles. The van der Waals surface area contributed by atoms with Crippen molar-refractivity contribution < 1.29 is 35.7 Å². The number of carbonyl (C=O) groups excluding carboxylic acids is 1. The van der Waals surface area contributed by atoms with Gasteiger partial charge in [0.05, 0.1) is 23.2 Å². The average molecular weight is 556 g/mol. The minimum atomic E-state index is -5.01. The summed E-state index contributed by atoms with van der Waals surface area (Å²) in [5.74, 6) is -0.423. The monoisotopic (exact) mass is 556 g/mol. The number of rotatable bonds is 6. The molecule has 12 heteroatoms. The van der Waals surface area contributed by atoms with Gasteiger partial charge in [-0.2, -0.15) is 26.3 Å². The Labute approximate surface area is 222 Å². The maximum absolute atomic E-state index is 13.8. The number of aromatic nitrogens is 4. The number of alkyl halides is 6. The number of nitrogens with zero attached hydrogens (tertiary/aromatic N) is 4. The molecular formula is C28H18F6N4O2. The summed E-state index contributed by atoms with van der Waals surface area (Å²) in [7, 11) is 0. The lowest BCUT2D eigenvalue weighted by atomic mass is 9.98. The Morgan fingerprint density at radius 1 is 0.825 bits per heavy atom. The number of hydrogen-bond acceptors (Lipinski definition) is 5. The molecule has 0 radical (unpaired) electrons. The van der Waals surface area contributed by atoms with Crippen LogP contribution < -0.4 is 0 Å². The summed E-state index contributed by atoms with van der Waals surface area (Å²) < 4.78 is 87.0. The molecule has 0 fully saturated rings. The molecule has 3 aromatic carbocycles. The van der Waals surface area contributed by atoms with Gasteiger partial charge < -0.3 is 4.52 Å². The number of ketones is 1. The molecule has 0 unspecified atom stereocenters. The predicted octanol–water partition coefficient (Wildman–Crippen LogP) is 7.23. The minimum absolute atomic E-state index is 0.0533. The van der Waals surface area contributed by atoms with Gasteiger partial charge in [0.15, 0.2) is 5.69 Å². The largest absolute Gasteiger partial charge is 0.416 e. The molecule has 0 N–H and O–H groups in total. The van der Waals surface area contributed by atoms with Crippen LogP contribution in [0.4, 0.5) is 26.3 Å². The van der Waals surface area contributed by atoms with Crippen molar-refractivity contribution in [2.75, 3.05) is 0 Å². The Kier molecular flexibility index (Phi) is 6.78. The van der Waals surface area contributed by atoms with Gasteiger partial charge in [0, 0.05) is 11.1 Å². The molecule has 204 valence electrons. The molecule has 0 aliphatic rings. The maximum Gasteiger partial charge on any atom is 0.416 e. The van der Waals surface area contributed by atoms with Gasteiger partial charge in [0.2, 0.25) is 5.78 Å². The van der Waals surface area contributed by atoms with E-state index < -0.39 is 35.8 Å². The van der Waals surface area contributed by atoms with Crippen molar-refractivity contribution in [3.8, 4) is 22.5 Å². The maximum atomic E-state index is 13.8. The van der Waals surface area contributed by atoms with Crippen molar-refractivity contribution >= 4 is 5.78 Å². The van der Waals surface area contributed by atoms with Gasteiger partial charge in [0.1, 0.15) is 17.1 Å². The summed E-state index contributed by atoms with van der Waals surface area (Å²) >= 11 is 0. The summed E-state index contributed by atoms with van der Waals surface area (Å²) in [6.07, 6.45) is -10.0. The van der Waals surface area contributed by atoms with E-state index in [0.717, 1.165) is 4.68 Å². The molecule has 0 amide bonds. The van der Waals surface area contributed by atoms with Gasteiger partial charge in [-0.1, -0.05) is 71.0 Å². The third-order valence-electron chi connectivity index (χ3n) is 6.11. The van der Waals surface area contributed by atoms with E-state index in [4.69, 9.17) is 4.52 Å². The average Bonchev–Trinajstić information content (AvgIpc) is 3.51. The minimum Gasteiger partial charge on any atom is -0.360 e. The molecule has 0 aliphatic heterocycles. The zero-order valence-corrected chi connectivity index (χ0v) is 20.6. The second-order valence-electron chi connectivity index (χ2n) is 8.88. The highest BCUT2D eigenvalue weighted by molar-refractivity contribution is 6.14. The molecule has 0 saturated carbocycles. The smallest absolute Gasteiger partial charge is 0.360 e. The first-order valence-corrected chi connectivity index (χ1v) is 11.8. The fourth-order valence-corrected chi connectivity index (χ4v) is 4.29. The number of hydrogen-bond donors (Lipinski definition) is 0. The van der Waals surface area contributed by atoms with E-state index in [1.165, 1.54) is 0 Å². The lowest BCUT2D eigenvalue weighted by Gasteiger charge is -2.15. The highest BCUT2D eigenvalue weighted by atomic mass is 19.4. The van der Waals surface area contributed by atoms with Crippen LogP contribution >= 0.6 is 0 Å². The fourth-order valence-electron chi connectivity index (χ4n) is 4.29. The number of aryl methyl sites for hydroxylation is 1. The second-order valence-corrected chi connectivity index (χ2v) is 8.88. The van der Waals surface area contributed by atoms with E-state index in [-0.39, 0.29) is 40.0 Å². The van der Waals surface area contributed by atoms with Crippen LogP contribution in [0.25, 0.3) is 22.5 Å². The number of benzene rings is 3. The van der Waals surface area contributed by atoms with Crippen LogP contribution in [0.1, 0.15) is 38.5 Å². The molecule has 40 heavy (non-hydrogen) atoms. The van der Waals surface area contributed by atoms with E-state index in [0.29, 0.717) is 23.3 Å². The van der Waals surface area contributed by atoms with Crippen LogP contribution in [0, 0.1) is 6.92 Å². The van der Waals surface area contributed by atoms with Gasteiger partial charge in [-0.15, -0.1) is 5.10 Å². The Bertz CT molecular complexity index is 1640. The SMILES string of the molecule is Cc1onc(-c2ccccc2)c1C(=O)c1nnn(Cc2cc(C(F)(F)F)cc(C(F)(F)F)c2)c1-c1ccccc1. The van der Waals surface area contributed by atoms with Crippen LogP contribution in [-0.2, 0) is 18.9 Å². The molecule has 0 bridgehead atoms. The van der Waals surface area contributed by atoms with E-state index in [1.54, 1.807) is 67.6 Å². The third kappa shape index (κ3) is 5.24. The highest BCUT2D eigenvalue weighted by Crippen LogP contribution is 2.37. The quantitative estimate of drug-likeness (QED) is 0.163. The predicted molar refractivity (Wildman–Crippen MR) is 131 cm³/mol. The fraction of sp³-hybridized carbons (Fsp3) is 0.143. The molecule has 5 aromatic rings. The summed E-state index contributed by atoms with van der Waals surface area (Å²) in [4.78, 5) is 13.8. The molecule has 2 heterocycles. The van der Waals surface area contributed by atoms with Gasteiger partial charge >= 0.3 is 12.4 Å². The van der Waals surface area contributed by atoms with Crippen LogP contribution in [0.3, 0.4) is 0 Å². The van der Waals surface area contributed by atoms with Crippen molar-refractivity contribution in [3.05, 3.63) is 113 Å².